The highest BCUT2D eigenvalue weighted by Gasteiger charge is 2.20. The Morgan fingerprint density at radius 2 is 2.31 bits per heavy atom. The predicted molar refractivity (Wildman–Crippen MR) is 64.7 cm³/mol. The number of aliphatic hydroxyl groups is 1. The molecule has 1 aliphatic rings. The molecule has 1 unspecified atom stereocenters. The number of hydrogen-bond donors (Lipinski definition) is 1. The highest BCUT2D eigenvalue weighted by atomic mass is 16.5. The average molecular weight is 220 g/mol. The third kappa shape index (κ3) is 2.38. The normalized spacial score (nSPS) is 20.6. The monoisotopic (exact) mass is 220 g/mol. The van der Waals surface area contributed by atoms with Crippen molar-refractivity contribution in [1.29, 1.82) is 0 Å². The standard InChI is InChI=1S/C14H20O2/c1-3-4-10(2)16-12-6-7-13-11(9-12)5-8-14(13)15/h6-7,9-10,14-15H,3-5,8H2,1-2H3/t10?,14-/m1/s1. The summed E-state index contributed by atoms with van der Waals surface area (Å²) in [6, 6.07) is 6.05. The minimum Gasteiger partial charge on any atom is -0.491 e. The Morgan fingerprint density at radius 3 is 3.06 bits per heavy atom. The van der Waals surface area contributed by atoms with Crippen LogP contribution in [-0.2, 0) is 6.42 Å². The Morgan fingerprint density at radius 1 is 1.50 bits per heavy atom. The third-order valence-corrected chi connectivity index (χ3v) is 3.19. The van der Waals surface area contributed by atoms with E-state index in [1.54, 1.807) is 0 Å². The second-order valence-corrected chi connectivity index (χ2v) is 4.63. The Kier molecular flexibility index (Phi) is 3.49. The van der Waals surface area contributed by atoms with Crippen molar-refractivity contribution in [2.75, 3.05) is 0 Å². The van der Waals surface area contributed by atoms with E-state index >= 15 is 0 Å². The zero-order chi connectivity index (χ0) is 11.5. The van der Waals surface area contributed by atoms with E-state index in [2.05, 4.69) is 19.9 Å². The summed E-state index contributed by atoms with van der Waals surface area (Å²) in [5.74, 6) is 0.939. The van der Waals surface area contributed by atoms with E-state index < -0.39 is 0 Å². The van der Waals surface area contributed by atoms with Crippen LogP contribution in [0.1, 0.15) is 50.3 Å². The second-order valence-electron chi connectivity index (χ2n) is 4.63. The number of hydrogen-bond acceptors (Lipinski definition) is 2. The fourth-order valence-electron chi connectivity index (χ4n) is 2.34. The van der Waals surface area contributed by atoms with Crippen LogP contribution in [0.25, 0.3) is 0 Å². The molecule has 0 saturated carbocycles. The van der Waals surface area contributed by atoms with Crippen molar-refractivity contribution in [1.82, 2.24) is 0 Å². The SMILES string of the molecule is CCCC(C)Oc1ccc2c(c1)CC[C@H]2O. The van der Waals surface area contributed by atoms with Crippen molar-refractivity contribution in [2.24, 2.45) is 0 Å². The fourth-order valence-corrected chi connectivity index (χ4v) is 2.34. The lowest BCUT2D eigenvalue weighted by molar-refractivity contribution is 0.180. The molecule has 0 spiro atoms. The van der Waals surface area contributed by atoms with Crippen LogP contribution in [0.2, 0.25) is 0 Å². The first kappa shape index (κ1) is 11.5. The fraction of sp³-hybridized carbons (Fsp3) is 0.571. The topological polar surface area (TPSA) is 29.5 Å². The highest BCUT2D eigenvalue weighted by Crippen LogP contribution is 2.33. The number of fused-ring (bicyclic) bond motifs is 1. The largest absolute Gasteiger partial charge is 0.491 e. The molecule has 2 heteroatoms. The van der Waals surface area contributed by atoms with Gasteiger partial charge in [0.25, 0.3) is 0 Å². The molecular weight excluding hydrogens is 200 g/mol. The molecule has 0 saturated heterocycles. The van der Waals surface area contributed by atoms with Crippen molar-refractivity contribution >= 4 is 0 Å². The van der Waals surface area contributed by atoms with Gasteiger partial charge in [0.1, 0.15) is 5.75 Å². The molecule has 0 radical (unpaired) electrons. The summed E-state index contributed by atoms with van der Waals surface area (Å²) in [5, 5.41) is 9.70. The lowest BCUT2D eigenvalue weighted by Gasteiger charge is -2.14. The van der Waals surface area contributed by atoms with Crippen LogP contribution in [0, 0.1) is 0 Å². The number of benzene rings is 1. The minimum atomic E-state index is -0.267. The zero-order valence-electron chi connectivity index (χ0n) is 10.1. The van der Waals surface area contributed by atoms with E-state index in [0.717, 1.165) is 37.0 Å². The maximum absolute atomic E-state index is 9.70. The molecule has 16 heavy (non-hydrogen) atoms. The van der Waals surface area contributed by atoms with Crippen molar-refractivity contribution in [3.8, 4) is 5.75 Å². The molecule has 0 fully saturated rings. The molecule has 1 aromatic carbocycles. The molecule has 0 heterocycles. The van der Waals surface area contributed by atoms with Crippen molar-refractivity contribution < 1.29 is 9.84 Å². The Hall–Kier alpha value is -1.02. The van der Waals surface area contributed by atoms with Gasteiger partial charge in [0, 0.05) is 0 Å². The molecule has 0 aliphatic heterocycles. The summed E-state index contributed by atoms with van der Waals surface area (Å²) < 4.78 is 5.83. The molecule has 1 N–H and O–H groups in total. The summed E-state index contributed by atoms with van der Waals surface area (Å²) >= 11 is 0. The van der Waals surface area contributed by atoms with Gasteiger partial charge in [0.05, 0.1) is 12.2 Å². The van der Waals surface area contributed by atoms with E-state index in [9.17, 15) is 5.11 Å². The minimum absolute atomic E-state index is 0.267. The first-order valence-corrected chi connectivity index (χ1v) is 6.18. The molecule has 0 aromatic heterocycles. The lowest BCUT2D eigenvalue weighted by atomic mass is 10.1. The van der Waals surface area contributed by atoms with Crippen LogP contribution < -0.4 is 4.74 Å². The lowest BCUT2D eigenvalue weighted by Crippen LogP contribution is -2.11. The third-order valence-electron chi connectivity index (χ3n) is 3.19. The van der Waals surface area contributed by atoms with E-state index in [-0.39, 0.29) is 12.2 Å². The van der Waals surface area contributed by atoms with Gasteiger partial charge in [-0.25, -0.2) is 0 Å². The Bertz CT molecular complexity index is 360. The van der Waals surface area contributed by atoms with Crippen LogP contribution in [0.3, 0.4) is 0 Å². The van der Waals surface area contributed by atoms with Crippen LogP contribution in [0.4, 0.5) is 0 Å². The summed E-state index contributed by atoms with van der Waals surface area (Å²) in [4.78, 5) is 0. The zero-order valence-corrected chi connectivity index (χ0v) is 10.1. The molecule has 2 atom stereocenters. The molecule has 0 bridgehead atoms. The van der Waals surface area contributed by atoms with Crippen LogP contribution in [-0.4, -0.2) is 11.2 Å². The number of aryl methyl sites for hydroxylation is 1. The summed E-state index contributed by atoms with van der Waals surface area (Å²) in [6.45, 7) is 4.27. The first-order valence-electron chi connectivity index (χ1n) is 6.18. The van der Waals surface area contributed by atoms with Gasteiger partial charge in [0.2, 0.25) is 0 Å². The smallest absolute Gasteiger partial charge is 0.119 e. The Labute approximate surface area is 97.3 Å². The van der Waals surface area contributed by atoms with E-state index in [1.165, 1.54) is 5.56 Å². The number of aliphatic hydroxyl groups excluding tert-OH is 1. The van der Waals surface area contributed by atoms with Gasteiger partial charge in [0.15, 0.2) is 0 Å². The summed E-state index contributed by atoms with van der Waals surface area (Å²) in [5.41, 5.74) is 2.32. The van der Waals surface area contributed by atoms with Crippen molar-refractivity contribution in [2.45, 2.75) is 51.7 Å². The Balaban J connectivity index is 2.07. The molecule has 1 aromatic rings. The van der Waals surface area contributed by atoms with Crippen LogP contribution in [0.5, 0.6) is 5.75 Å². The molecule has 2 rings (SSSR count). The molecular formula is C14H20O2. The van der Waals surface area contributed by atoms with Gasteiger partial charge in [-0.3, -0.25) is 0 Å². The number of rotatable bonds is 4. The van der Waals surface area contributed by atoms with Crippen LogP contribution in [0.15, 0.2) is 18.2 Å². The molecule has 0 amide bonds. The maximum atomic E-state index is 9.70. The second kappa shape index (κ2) is 4.88. The quantitative estimate of drug-likeness (QED) is 0.844. The molecule has 88 valence electrons. The van der Waals surface area contributed by atoms with Gasteiger partial charge < -0.3 is 9.84 Å². The van der Waals surface area contributed by atoms with Gasteiger partial charge in [-0.2, -0.15) is 0 Å². The highest BCUT2D eigenvalue weighted by molar-refractivity contribution is 5.39. The van der Waals surface area contributed by atoms with Gasteiger partial charge >= 0.3 is 0 Å². The molecule has 1 aliphatic carbocycles. The van der Waals surface area contributed by atoms with Gasteiger partial charge in [-0.05, 0) is 49.4 Å². The van der Waals surface area contributed by atoms with Gasteiger partial charge in [-0.1, -0.05) is 19.4 Å². The van der Waals surface area contributed by atoms with Gasteiger partial charge in [-0.15, -0.1) is 0 Å². The predicted octanol–water partition coefficient (Wildman–Crippen LogP) is 3.23. The average Bonchev–Trinajstić information content (AvgIpc) is 2.60. The maximum Gasteiger partial charge on any atom is 0.119 e. The van der Waals surface area contributed by atoms with E-state index in [4.69, 9.17) is 4.74 Å². The van der Waals surface area contributed by atoms with E-state index in [1.807, 2.05) is 12.1 Å². The van der Waals surface area contributed by atoms with Crippen molar-refractivity contribution in [3.05, 3.63) is 29.3 Å². The van der Waals surface area contributed by atoms with E-state index in [0.29, 0.717) is 0 Å². The first-order chi connectivity index (χ1) is 7.70. The summed E-state index contributed by atoms with van der Waals surface area (Å²) in [6.07, 6.45) is 4.05. The molecule has 2 nitrogen and oxygen atoms in total. The summed E-state index contributed by atoms with van der Waals surface area (Å²) in [7, 11) is 0. The van der Waals surface area contributed by atoms with Crippen molar-refractivity contribution in [3.63, 3.8) is 0 Å². The number of ether oxygens (including phenoxy) is 1. The van der Waals surface area contributed by atoms with Crippen LogP contribution >= 0.6 is 0 Å².